The zero-order valence-corrected chi connectivity index (χ0v) is 7.79. The van der Waals surface area contributed by atoms with Crippen LogP contribution in [0.25, 0.3) is 0 Å². The molecule has 0 atom stereocenters. The molecule has 1 heterocycles. The van der Waals surface area contributed by atoms with E-state index in [1.165, 1.54) is 0 Å². The minimum absolute atomic E-state index is 0.519. The summed E-state index contributed by atoms with van der Waals surface area (Å²) in [6.07, 6.45) is 0.882. The standard InChI is InChI=1S/C8H15N3O/c1-6(2)9-5-4-8-7(3)10-12-11-8/h6,9H,4-5H2,1-3H3. The molecule has 0 saturated heterocycles. The van der Waals surface area contributed by atoms with Crippen LogP contribution in [0.2, 0.25) is 0 Å². The molecule has 4 nitrogen and oxygen atoms in total. The molecule has 68 valence electrons. The molecule has 4 heteroatoms. The number of rotatable bonds is 4. The first-order chi connectivity index (χ1) is 5.70. The van der Waals surface area contributed by atoms with Gasteiger partial charge in [0.15, 0.2) is 0 Å². The second kappa shape index (κ2) is 4.21. The number of aromatic nitrogens is 2. The van der Waals surface area contributed by atoms with Crippen LogP contribution in [0.5, 0.6) is 0 Å². The Kier molecular flexibility index (Phi) is 3.22. The molecule has 1 aromatic heterocycles. The summed E-state index contributed by atoms with van der Waals surface area (Å²) >= 11 is 0. The van der Waals surface area contributed by atoms with Crippen LogP contribution in [-0.2, 0) is 6.42 Å². The predicted molar refractivity (Wildman–Crippen MR) is 45.9 cm³/mol. The minimum atomic E-state index is 0.519. The number of nitrogens with zero attached hydrogens (tertiary/aromatic N) is 2. The normalized spacial score (nSPS) is 11.0. The Labute approximate surface area is 72.3 Å². The molecule has 0 saturated carbocycles. The Balaban J connectivity index is 2.29. The minimum Gasteiger partial charge on any atom is -0.314 e. The summed E-state index contributed by atoms with van der Waals surface area (Å²) in [5.74, 6) is 0. The first-order valence-corrected chi connectivity index (χ1v) is 4.21. The SMILES string of the molecule is Cc1nonc1CCNC(C)C. The van der Waals surface area contributed by atoms with Crippen LogP contribution in [0.1, 0.15) is 25.2 Å². The van der Waals surface area contributed by atoms with E-state index in [0.29, 0.717) is 6.04 Å². The van der Waals surface area contributed by atoms with Crippen LogP contribution in [0.15, 0.2) is 4.63 Å². The smallest absolute Gasteiger partial charge is 0.109 e. The zero-order chi connectivity index (χ0) is 8.97. The Morgan fingerprint density at radius 3 is 2.67 bits per heavy atom. The number of aryl methyl sites for hydroxylation is 1. The van der Waals surface area contributed by atoms with Crippen molar-refractivity contribution in [2.24, 2.45) is 0 Å². The summed E-state index contributed by atoms with van der Waals surface area (Å²) in [5, 5.41) is 10.8. The lowest BCUT2D eigenvalue weighted by molar-refractivity contribution is 0.301. The number of hydrogen-bond acceptors (Lipinski definition) is 4. The van der Waals surface area contributed by atoms with Crippen molar-refractivity contribution in [2.45, 2.75) is 33.2 Å². The molecule has 0 unspecified atom stereocenters. The van der Waals surface area contributed by atoms with Gasteiger partial charge in [-0.2, -0.15) is 0 Å². The van der Waals surface area contributed by atoms with Crippen LogP contribution in [0.4, 0.5) is 0 Å². The van der Waals surface area contributed by atoms with Crippen molar-refractivity contribution in [1.82, 2.24) is 15.6 Å². The lowest BCUT2D eigenvalue weighted by atomic mass is 10.2. The first kappa shape index (κ1) is 9.19. The monoisotopic (exact) mass is 169 g/mol. The second-order valence-corrected chi connectivity index (χ2v) is 3.16. The molecule has 0 aliphatic carbocycles. The maximum absolute atomic E-state index is 4.58. The van der Waals surface area contributed by atoms with Gasteiger partial charge in [0.25, 0.3) is 0 Å². The van der Waals surface area contributed by atoms with Crippen molar-refractivity contribution >= 4 is 0 Å². The average Bonchev–Trinajstić information content (AvgIpc) is 2.36. The third kappa shape index (κ3) is 2.62. The lowest BCUT2D eigenvalue weighted by Crippen LogP contribution is -2.25. The van der Waals surface area contributed by atoms with Crippen molar-refractivity contribution < 1.29 is 4.63 Å². The zero-order valence-electron chi connectivity index (χ0n) is 7.79. The molecule has 1 rings (SSSR count). The van der Waals surface area contributed by atoms with Crippen molar-refractivity contribution in [3.8, 4) is 0 Å². The lowest BCUT2D eigenvalue weighted by Gasteiger charge is -2.05. The van der Waals surface area contributed by atoms with Gasteiger partial charge in [-0.05, 0) is 6.92 Å². The molecule has 1 aromatic rings. The van der Waals surface area contributed by atoms with E-state index in [1.807, 2.05) is 6.92 Å². The maximum atomic E-state index is 4.58. The highest BCUT2D eigenvalue weighted by molar-refractivity contribution is 5.04. The summed E-state index contributed by atoms with van der Waals surface area (Å²) in [5.41, 5.74) is 1.84. The van der Waals surface area contributed by atoms with Crippen LogP contribution in [-0.4, -0.2) is 22.9 Å². The molecule has 1 N–H and O–H groups in total. The highest BCUT2D eigenvalue weighted by Gasteiger charge is 2.03. The van der Waals surface area contributed by atoms with Crippen molar-refractivity contribution in [3.63, 3.8) is 0 Å². The van der Waals surface area contributed by atoms with Crippen LogP contribution in [0, 0.1) is 6.92 Å². The molecule has 0 bridgehead atoms. The van der Waals surface area contributed by atoms with Gasteiger partial charge in [-0.25, -0.2) is 4.63 Å². The summed E-state index contributed by atoms with van der Waals surface area (Å²) in [7, 11) is 0. The van der Waals surface area contributed by atoms with Gasteiger partial charge < -0.3 is 5.32 Å². The van der Waals surface area contributed by atoms with E-state index in [0.717, 1.165) is 24.4 Å². The fourth-order valence-corrected chi connectivity index (χ4v) is 0.955. The molecule has 0 radical (unpaired) electrons. The summed E-state index contributed by atoms with van der Waals surface area (Å²) < 4.78 is 4.58. The van der Waals surface area contributed by atoms with Crippen LogP contribution < -0.4 is 5.32 Å². The van der Waals surface area contributed by atoms with Gasteiger partial charge >= 0.3 is 0 Å². The van der Waals surface area contributed by atoms with Gasteiger partial charge in [-0.1, -0.05) is 24.2 Å². The Morgan fingerprint density at radius 1 is 1.42 bits per heavy atom. The predicted octanol–water partition coefficient (Wildman–Crippen LogP) is 0.919. The molecule has 0 spiro atoms. The molecular weight excluding hydrogens is 154 g/mol. The van der Waals surface area contributed by atoms with Crippen LogP contribution >= 0.6 is 0 Å². The van der Waals surface area contributed by atoms with Gasteiger partial charge in [0.1, 0.15) is 11.4 Å². The molecule has 0 aliphatic rings. The molecule has 0 aromatic carbocycles. The summed E-state index contributed by atoms with van der Waals surface area (Å²) in [6.45, 7) is 7.07. The third-order valence-electron chi connectivity index (χ3n) is 1.66. The van der Waals surface area contributed by atoms with E-state index >= 15 is 0 Å². The van der Waals surface area contributed by atoms with E-state index in [-0.39, 0.29) is 0 Å². The second-order valence-electron chi connectivity index (χ2n) is 3.16. The van der Waals surface area contributed by atoms with E-state index in [1.54, 1.807) is 0 Å². The Morgan fingerprint density at radius 2 is 2.17 bits per heavy atom. The van der Waals surface area contributed by atoms with Crippen LogP contribution in [0.3, 0.4) is 0 Å². The molecule has 0 amide bonds. The Bertz CT molecular complexity index is 232. The van der Waals surface area contributed by atoms with Gasteiger partial charge in [0.05, 0.1) is 0 Å². The van der Waals surface area contributed by atoms with Crippen molar-refractivity contribution in [1.29, 1.82) is 0 Å². The van der Waals surface area contributed by atoms with E-state index in [4.69, 9.17) is 0 Å². The van der Waals surface area contributed by atoms with Gasteiger partial charge in [-0.3, -0.25) is 0 Å². The van der Waals surface area contributed by atoms with E-state index < -0.39 is 0 Å². The van der Waals surface area contributed by atoms with Gasteiger partial charge in [0, 0.05) is 19.0 Å². The van der Waals surface area contributed by atoms with Gasteiger partial charge in [0.2, 0.25) is 0 Å². The first-order valence-electron chi connectivity index (χ1n) is 4.21. The largest absolute Gasteiger partial charge is 0.314 e. The molecule has 12 heavy (non-hydrogen) atoms. The number of nitrogens with one attached hydrogen (secondary N) is 1. The van der Waals surface area contributed by atoms with Crippen molar-refractivity contribution in [2.75, 3.05) is 6.54 Å². The summed E-state index contributed by atoms with van der Waals surface area (Å²) in [6, 6.07) is 0.519. The average molecular weight is 169 g/mol. The fourth-order valence-electron chi connectivity index (χ4n) is 0.955. The molecule has 0 aliphatic heterocycles. The third-order valence-corrected chi connectivity index (χ3v) is 1.66. The van der Waals surface area contributed by atoms with Crippen molar-refractivity contribution in [3.05, 3.63) is 11.4 Å². The maximum Gasteiger partial charge on any atom is 0.109 e. The highest BCUT2D eigenvalue weighted by atomic mass is 16.6. The highest BCUT2D eigenvalue weighted by Crippen LogP contribution is 2.00. The number of hydrogen-bond donors (Lipinski definition) is 1. The van der Waals surface area contributed by atoms with Gasteiger partial charge in [-0.15, -0.1) is 0 Å². The van der Waals surface area contributed by atoms with E-state index in [9.17, 15) is 0 Å². The quantitative estimate of drug-likeness (QED) is 0.728. The molecular formula is C8H15N3O. The van der Waals surface area contributed by atoms with E-state index in [2.05, 4.69) is 34.1 Å². The fraction of sp³-hybridized carbons (Fsp3) is 0.750. The molecule has 0 fully saturated rings. The topological polar surface area (TPSA) is 51.0 Å². The Hall–Kier alpha value is -0.900. The summed E-state index contributed by atoms with van der Waals surface area (Å²) in [4.78, 5) is 0.